The first kappa shape index (κ1) is 14.7. The number of hydrogen-bond acceptors (Lipinski definition) is 4. The number of pyridine rings is 1. The fourth-order valence-electron chi connectivity index (χ4n) is 1.48. The van der Waals surface area contributed by atoms with E-state index in [1.807, 2.05) is 0 Å². The molecule has 0 aliphatic heterocycles. The average molecular weight is 261 g/mol. The molecule has 19 heavy (non-hydrogen) atoms. The van der Waals surface area contributed by atoms with Gasteiger partial charge in [-0.25, -0.2) is 0 Å². The normalized spacial score (nSPS) is 11.1. The highest BCUT2D eigenvalue weighted by atomic mass is 16.2. The third-order valence-electron chi connectivity index (χ3n) is 2.25. The third-order valence-corrected chi connectivity index (χ3v) is 2.25. The second-order valence-electron chi connectivity index (χ2n) is 3.93. The van der Waals surface area contributed by atoms with E-state index in [0.717, 1.165) is 0 Å². The third kappa shape index (κ3) is 4.77. The summed E-state index contributed by atoms with van der Waals surface area (Å²) in [6, 6.07) is 1.16. The van der Waals surface area contributed by atoms with E-state index in [-0.39, 0.29) is 25.0 Å². The lowest BCUT2D eigenvalue weighted by molar-refractivity contribution is -0.118. The second kappa shape index (κ2) is 7.13. The van der Waals surface area contributed by atoms with Gasteiger partial charge in [0.2, 0.25) is 5.91 Å². The molecule has 1 heterocycles. The van der Waals surface area contributed by atoms with Gasteiger partial charge >= 0.3 is 0 Å². The van der Waals surface area contributed by atoms with Crippen molar-refractivity contribution < 1.29 is 14.7 Å². The summed E-state index contributed by atoms with van der Waals surface area (Å²) < 4.78 is 0. The van der Waals surface area contributed by atoms with Gasteiger partial charge in [-0.1, -0.05) is 11.8 Å². The van der Waals surface area contributed by atoms with Gasteiger partial charge in [-0.15, -0.1) is 0 Å². The van der Waals surface area contributed by atoms with Crippen molar-refractivity contribution in [1.82, 2.24) is 10.3 Å². The quantitative estimate of drug-likeness (QED) is 0.630. The van der Waals surface area contributed by atoms with E-state index in [1.165, 1.54) is 18.5 Å². The van der Waals surface area contributed by atoms with Crippen molar-refractivity contribution in [2.24, 2.45) is 5.73 Å². The molecule has 0 saturated carbocycles. The summed E-state index contributed by atoms with van der Waals surface area (Å²) in [5.74, 6) is 4.25. The topological polar surface area (TPSA) is 105 Å². The number of carbonyl (C=O) groups excluding carboxylic acids is 2. The van der Waals surface area contributed by atoms with Crippen LogP contribution >= 0.6 is 0 Å². The molecule has 4 N–H and O–H groups in total. The van der Waals surface area contributed by atoms with Gasteiger partial charge in [-0.3, -0.25) is 14.6 Å². The van der Waals surface area contributed by atoms with Crippen molar-refractivity contribution in [2.45, 2.75) is 19.4 Å². The van der Waals surface area contributed by atoms with Gasteiger partial charge in [-0.05, 0) is 13.0 Å². The Balaban J connectivity index is 2.85. The fraction of sp³-hybridized carbons (Fsp3) is 0.308. The average Bonchev–Trinajstić information content (AvgIpc) is 2.35. The Morgan fingerprint density at radius 3 is 2.95 bits per heavy atom. The maximum Gasteiger partial charge on any atom is 0.252 e. The Morgan fingerprint density at radius 2 is 2.32 bits per heavy atom. The first-order valence-corrected chi connectivity index (χ1v) is 5.67. The first-order valence-electron chi connectivity index (χ1n) is 5.67. The Hall–Kier alpha value is -2.39. The maximum absolute atomic E-state index is 12.0. The highest BCUT2D eigenvalue weighted by Gasteiger charge is 2.14. The van der Waals surface area contributed by atoms with Crippen molar-refractivity contribution in [3.05, 3.63) is 29.6 Å². The number of amides is 2. The summed E-state index contributed by atoms with van der Waals surface area (Å²) in [5, 5.41) is 11.3. The first-order chi connectivity index (χ1) is 9.04. The zero-order valence-electron chi connectivity index (χ0n) is 10.5. The van der Waals surface area contributed by atoms with Crippen molar-refractivity contribution in [3.63, 3.8) is 0 Å². The van der Waals surface area contributed by atoms with Crippen LogP contribution in [0.4, 0.5) is 0 Å². The molecule has 1 unspecified atom stereocenters. The summed E-state index contributed by atoms with van der Waals surface area (Å²) >= 11 is 0. The standard InChI is InChI=1S/C13H15N3O3/c1-9(7-12(14)18)16-13(19)11-4-5-15-8-10(11)3-2-6-17/h4-5,8-9,17H,6-7H2,1H3,(H2,14,18)(H,16,19). The molecule has 0 bridgehead atoms. The lowest BCUT2D eigenvalue weighted by Gasteiger charge is -2.12. The predicted octanol–water partition coefficient (Wildman–Crippen LogP) is -0.581. The largest absolute Gasteiger partial charge is 0.384 e. The lowest BCUT2D eigenvalue weighted by Crippen LogP contribution is -2.36. The number of hydrogen-bond donors (Lipinski definition) is 3. The minimum Gasteiger partial charge on any atom is -0.384 e. The summed E-state index contributed by atoms with van der Waals surface area (Å²) in [6.45, 7) is 1.39. The van der Waals surface area contributed by atoms with Crippen LogP contribution in [0.3, 0.4) is 0 Å². The number of nitrogens with one attached hydrogen (secondary N) is 1. The molecule has 1 rings (SSSR count). The lowest BCUT2D eigenvalue weighted by atomic mass is 10.1. The van der Waals surface area contributed by atoms with Crippen LogP contribution in [-0.4, -0.2) is 34.6 Å². The monoisotopic (exact) mass is 261 g/mol. The molecule has 1 atom stereocenters. The number of nitrogens with zero attached hydrogens (tertiary/aromatic N) is 1. The van der Waals surface area contributed by atoms with Crippen LogP contribution in [0.25, 0.3) is 0 Å². The minimum atomic E-state index is -0.483. The molecule has 1 aromatic rings. The molecule has 0 radical (unpaired) electrons. The fourth-order valence-corrected chi connectivity index (χ4v) is 1.48. The Bertz CT molecular complexity index is 531. The Kier molecular flexibility index (Phi) is 5.51. The molecule has 0 aliphatic carbocycles. The number of rotatable bonds is 4. The number of carbonyl (C=O) groups is 2. The van der Waals surface area contributed by atoms with E-state index in [1.54, 1.807) is 6.92 Å². The van der Waals surface area contributed by atoms with Gasteiger partial charge in [0.25, 0.3) is 5.91 Å². The zero-order chi connectivity index (χ0) is 14.3. The smallest absolute Gasteiger partial charge is 0.252 e. The van der Waals surface area contributed by atoms with E-state index in [0.29, 0.717) is 11.1 Å². The van der Waals surface area contributed by atoms with E-state index in [9.17, 15) is 9.59 Å². The van der Waals surface area contributed by atoms with Crippen LogP contribution in [0.5, 0.6) is 0 Å². The predicted molar refractivity (Wildman–Crippen MR) is 68.9 cm³/mol. The number of aliphatic hydroxyl groups excluding tert-OH is 1. The SMILES string of the molecule is CC(CC(N)=O)NC(=O)c1ccncc1C#CCO. The van der Waals surface area contributed by atoms with Gasteiger partial charge in [0.05, 0.1) is 11.1 Å². The van der Waals surface area contributed by atoms with Crippen LogP contribution in [-0.2, 0) is 4.79 Å². The van der Waals surface area contributed by atoms with E-state index in [2.05, 4.69) is 22.1 Å². The highest BCUT2D eigenvalue weighted by molar-refractivity contribution is 5.97. The molecular formula is C13H15N3O3. The molecule has 100 valence electrons. The minimum absolute atomic E-state index is 0.0640. The number of nitrogens with two attached hydrogens (primary N) is 1. The molecular weight excluding hydrogens is 246 g/mol. The van der Waals surface area contributed by atoms with Crippen LogP contribution in [0.2, 0.25) is 0 Å². The van der Waals surface area contributed by atoms with Gasteiger partial charge < -0.3 is 16.2 Å². The summed E-state index contributed by atoms with van der Waals surface area (Å²) in [5.41, 5.74) is 5.81. The summed E-state index contributed by atoms with van der Waals surface area (Å²) in [7, 11) is 0. The zero-order valence-corrected chi connectivity index (χ0v) is 10.5. The molecule has 0 fully saturated rings. The van der Waals surface area contributed by atoms with Gasteiger partial charge in [0.15, 0.2) is 0 Å². The van der Waals surface area contributed by atoms with E-state index >= 15 is 0 Å². The van der Waals surface area contributed by atoms with Gasteiger partial charge in [0, 0.05) is 24.9 Å². The molecule has 1 aromatic heterocycles. The van der Waals surface area contributed by atoms with Gasteiger partial charge in [-0.2, -0.15) is 0 Å². The number of aliphatic hydroxyl groups is 1. The molecule has 2 amide bonds. The molecule has 0 spiro atoms. The van der Waals surface area contributed by atoms with E-state index < -0.39 is 5.91 Å². The van der Waals surface area contributed by atoms with Crippen molar-refractivity contribution in [3.8, 4) is 11.8 Å². The summed E-state index contributed by atoms with van der Waals surface area (Å²) in [6.07, 6.45) is 2.97. The highest BCUT2D eigenvalue weighted by Crippen LogP contribution is 2.06. The number of primary amides is 1. The van der Waals surface area contributed by atoms with Crippen LogP contribution in [0, 0.1) is 11.8 Å². The van der Waals surface area contributed by atoms with Crippen molar-refractivity contribution >= 4 is 11.8 Å². The second-order valence-corrected chi connectivity index (χ2v) is 3.93. The van der Waals surface area contributed by atoms with Crippen LogP contribution in [0.15, 0.2) is 18.5 Å². The molecule has 6 nitrogen and oxygen atoms in total. The Labute approximate surface area is 111 Å². The maximum atomic E-state index is 12.0. The van der Waals surface area contributed by atoms with Crippen molar-refractivity contribution in [2.75, 3.05) is 6.61 Å². The van der Waals surface area contributed by atoms with Crippen LogP contribution in [0.1, 0.15) is 29.3 Å². The van der Waals surface area contributed by atoms with Gasteiger partial charge in [0.1, 0.15) is 6.61 Å². The van der Waals surface area contributed by atoms with Crippen LogP contribution < -0.4 is 11.1 Å². The number of aromatic nitrogens is 1. The molecule has 0 saturated heterocycles. The molecule has 6 heteroatoms. The van der Waals surface area contributed by atoms with Crippen molar-refractivity contribution in [1.29, 1.82) is 0 Å². The molecule has 0 aliphatic rings. The molecule has 0 aromatic carbocycles. The van der Waals surface area contributed by atoms with E-state index in [4.69, 9.17) is 10.8 Å². The summed E-state index contributed by atoms with van der Waals surface area (Å²) in [4.78, 5) is 26.6. The Morgan fingerprint density at radius 1 is 1.58 bits per heavy atom.